The summed E-state index contributed by atoms with van der Waals surface area (Å²) in [4.78, 5) is 0. The van der Waals surface area contributed by atoms with E-state index in [1.807, 2.05) is 0 Å². The molecule has 0 fully saturated rings. The molecule has 70 valence electrons. The van der Waals surface area contributed by atoms with Gasteiger partial charge in [0.1, 0.15) is 0 Å². The molecule has 1 unspecified atom stereocenters. The molecule has 4 heteroatoms. The van der Waals surface area contributed by atoms with Crippen molar-refractivity contribution in [3.05, 3.63) is 22.4 Å². The van der Waals surface area contributed by atoms with Gasteiger partial charge in [0.2, 0.25) is 0 Å². The summed E-state index contributed by atoms with van der Waals surface area (Å²) in [6.07, 6.45) is 3.42. The van der Waals surface area contributed by atoms with Gasteiger partial charge in [-0.05, 0) is 10.2 Å². The van der Waals surface area contributed by atoms with E-state index in [0.29, 0.717) is 5.92 Å². The van der Waals surface area contributed by atoms with Crippen molar-refractivity contribution in [3.63, 3.8) is 0 Å². The average Bonchev–Trinajstić information content (AvgIpc) is 1.98. The van der Waals surface area contributed by atoms with Gasteiger partial charge in [-0.1, -0.05) is 19.8 Å². The molecule has 12 heavy (non-hydrogen) atoms. The number of allylic oxidation sites excluding steroid dienone is 4. The van der Waals surface area contributed by atoms with E-state index in [0.717, 1.165) is 10.2 Å². The Bertz CT molecular complexity index is 199. The Balaban J connectivity index is -0.000000270. The third-order valence-electron chi connectivity index (χ3n) is 2.24. The maximum Gasteiger partial charge on any atom is 0 e. The molecule has 0 amide bonds. The molecule has 1 rings (SSSR count). The Kier molecular flexibility index (Phi) is 11.8. The minimum Gasteiger partial charge on any atom is -0.271 e. The molecule has 0 aromatic carbocycles. The maximum absolute atomic E-state index is 3.42. The summed E-state index contributed by atoms with van der Waals surface area (Å²) in [5.74, 6) is 0.595. The molecule has 0 aromatic rings. The number of rotatable bonds is 0. The van der Waals surface area contributed by atoms with Gasteiger partial charge in [-0.3, -0.25) is 6.08 Å². The van der Waals surface area contributed by atoms with Crippen molar-refractivity contribution >= 4 is 35.1 Å². The van der Waals surface area contributed by atoms with Crippen molar-refractivity contribution in [3.8, 4) is 0 Å². The minimum atomic E-state index is 0. The summed E-state index contributed by atoms with van der Waals surface area (Å²) in [6, 6.07) is 0. The topological polar surface area (TPSA) is 0 Å². The molecule has 0 heterocycles. The number of hydrogen-bond donors (Lipinski definition) is 0. The average molecular weight is 389 g/mol. The fourth-order valence-corrected chi connectivity index (χ4v) is 1.99. The standard InChI is InChI=1S/C8H13Si.2ClH.Hf/c1-5-4-8(9)7(3)6(5)2;;;/h5H,1-3,9H3;2*1H;/q-1;;;. The first-order valence-electron chi connectivity index (χ1n) is 3.40. The predicted octanol–water partition coefficient (Wildman–Crippen LogP) is 1.87. The van der Waals surface area contributed by atoms with Crippen molar-refractivity contribution in [2.24, 2.45) is 5.92 Å². The Morgan fingerprint density at radius 1 is 1.25 bits per heavy atom. The summed E-state index contributed by atoms with van der Waals surface area (Å²) in [6.45, 7) is 6.62. The molecule has 0 saturated heterocycles. The summed E-state index contributed by atoms with van der Waals surface area (Å²) >= 11 is 0. The first kappa shape index (κ1) is 18.8. The van der Waals surface area contributed by atoms with Crippen LogP contribution in [-0.2, 0) is 25.8 Å². The van der Waals surface area contributed by atoms with Crippen LogP contribution in [-0.4, -0.2) is 10.2 Å². The van der Waals surface area contributed by atoms with Crippen LogP contribution in [0.4, 0.5) is 0 Å². The van der Waals surface area contributed by atoms with E-state index in [2.05, 4.69) is 26.8 Å². The Labute approximate surface area is 109 Å². The van der Waals surface area contributed by atoms with Crippen LogP contribution in [0.3, 0.4) is 0 Å². The van der Waals surface area contributed by atoms with Crippen LogP contribution >= 0.6 is 24.8 Å². The predicted molar refractivity (Wildman–Crippen MR) is 58.7 cm³/mol. The molecule has 1 atom stereocenters. The first-order chi connectivity index (χ1) is 4.13. The van der Waals surface area contributed by atoms with E-state index in [1.165, 1.54) is 16.3 Å². The van der Waals surface area contributed by atoms with Gasteiger partial charge in [-0.2, -0.15) is 5.57 Å². The van der Waals surface area contributed by atoms with Crippen LogP contribution in [0.1, 0.15) is 20.8 Å². The SMILES string of the molecule is CC1=C(C)C(C)[C-]=C1[SiH3].Cl.Cl.[Hf]. The minimum absolute atomic E-state index is 0. The Hall–Kier alpha value is 1.15. The zero-order valence-electron chi connectivity index (χ0n) is 7.89. The van der Waals surface area contributed by atoms with Crippen LogP contribution in [0.2, 0.25) is 0 Å². The van der Waals surface area contributed by atoms with E-state index < -0.39 is 0 Å². The summed E-state index contributed by atoms with van der Waals surface area (Å²) in [7, 11) is 1.16. The van der Waals surface area contributed by atoms with Crippen molar-refractivity contribution in [2.45, 2.75) is 20.8 Å². The van der Waals surface area contributed by atoms with Crippen LogP contribution in [0.25, 0.3) is 0 Å². The van der Waals surface area contributed by atoms with Gasteiger partial charge in [0, 0.05) is 25.8 Å². The van der Waals surface area contributed by atoms with Gasteiger partial charge in [-0.15, -0.1) is 31.7 Å². The largest absolute Gasteiger partial charge is 0.271 e. The monoisotopic (exact) mass is 389 g/mol. The van der Waals surface area contributed by atoms with Crippen molar-refractivity contribution < 1.29 is 25.8 Å². The van der Waals surface area contributed by atoms with Crippen LogP contribution in [0.5, 0.6) is 0 Å². The van der Waals surface area contributed by atoms with Crippen LogP contribution in [0.15, 0.2) is 16.3 Å². The third-order valence-corrected chi connectivity index (χ3v) is 3.28. The molecule has 0 spiro atoms. The molecule has 0 bridgehead atoms. The van der Waals surface area contributed by atoms with Crippen molar-refractivity contribution in [1.29, 1.82) is 0 Å². The maximum atomic E-state index is 3.42. The van der Waals surface area contributed by atoms with Crippen molar-refractivity contribution in [2.75, 3.05) is 0 Å². The Morgan fingerprint density at radius 2 is 1.67 bits per heavy atom. The van der Waals surface area contributed by atoms with E-state index >= 15 is 0 Å². The van der Waals surface area contributed by atoms with Gasteiger partial charge in [0.15, 0.2) is 0 Å². The first-order valence-corrected chi connectivity index (χ1v) is 4.40. The second-order valence-electron chi connectivity index (χ2n) is 2.80. The normalized spacial score (nSPS) is 20.6. The molecule has 0 N–H and O–H groups in total. The number of hydrogen-bond acceptors (Lipinski definition) is 0. The summed E-state index contributed by atoms with van der Waals surface area (Å²) in [5.41, 5.74) is 3.01. The van der Waals surface area contributed by atoms with E-state index in [-0.39, 0.29) is 50.7 Å². The van der Waals surface area contributed by atoms with Gasteiger partial charge in [0.05, 0.1) is 0 Å². The molecule has 0 saturated carbocycles. The molecule has 1 aliphatic rings. The molecular formula is C8H15Cl2HfSi-. The molecule has 0 nitrogen and oxygen atoms in total. The summed E-state index contributed by atoms with van der Waals surface area (Å²) in [5, 5.41) is 1.47. The molecule has 0 aliphatic heterocycles. The zero-order chi connectivity index (χ0) is 7.02. The van der Waals surface area contributed by atoms with Gasteiger partial charge < -0.3 is 0 Å². The van der Waals surface area contributed by atoms with Crippen LogP contribution < -0.4 is 0 Å². The van der Waals surface area contributed by atoms with Crippen molar-refractivity contribution in [1.82, 2.24) is 0 Å². The fraction of sp³-hybridized carbons (Fsp3) is 0.500. The zero-order valence-corrected chi connectivity index (χ0v) is 15.1. The van der Waals surface area contributed by atoms with Gasteiger partial charge in [0.25, 0.3) is 0 Å². The quantitative estimate of drug-likeness (QED) is 0.439. The van der Waals surface area contributed by atoms with Gasteiger partial charge >= 0.3 is 0 Å². The number of halogens is 2. The molecule has 0 aromatic heterocycles. The molecule has 0 radical (unpaired) electrons. The Morgan fingerprint density at radius 3 is 1.75 bits per heavy atom. The smallest absolute Gasteiger partial charge is 0 e. The van der Waals surface area contributed by atoms with E-state index in [9.17, 15) is 0 Å². The van der Waals surface area contributed by atoms with Crippen LogP contribution in [0, 0.1) is 12.0 Å². The molecule has 1 aliphatic carbocycles. The summed E-state index contributed by atoms with van der Waals surface area (Å²) < 4.78 is 0. The second kappa shape index (κ2) is 7.54. The third kappa shape index (κ3) is 3.90. The van der Waals surface area contributed by atoms with E-state index in [1.54, 1.807) is 0 Å². The van der Waals surface area contributed by atoms with E-state index in [4.69, 9.17) is 0 Å². The second-order valence-corrected chi connectivity index (χ2v) is 3.80. The van der Waals surface area contributed by atoms with Gasteiger partial charge in [-0.25, -0.2) is 10.8 Å². The molecular weight excluding hydrogens is 374 g/mol. The fourth-order valence-electron chi connectivity index (χ4n) is 1.16.